The zero-order valence-electron chi connectivity index (χ0n) is 18.3. The van der Waals surface area contributed by atoms with Crippen molar-refractivity contribution in [2.45, 2.75) is 37.5 Å². The Balaban J connectivity index is 1.31. The first-order valence-corrected chi connectivity index (χ1v) is 11.5. The van der Waals surface area contributed by atoms with E-state index in [2.05, 4.69) is 25.6 Å². The maximum Gasteiger partial charge on any atom is 0.251 e. The van der Waals surface area contributed by atoms with E-state index >= 15 is 0 Å². The van der Waals surface area contributed by atoms with E-state index in [0.717, 1.165) is 16.5 Å². The van der Waals surface area contributed by atoms with Gasteiger partial charge in [0.25, 0.3) is 5.91 Å². The third-order valence-electron chi connectivity index (χ3n) is 6.08. The van der Waals surface area contributed by atoms with Gasteiger partial charge in [-0.1, -0.05) is 29.8 Å². The zero-order chi connectivity index (χ0) is 23.7. The predicted molar refractivity (Wildman–Crippen MR) is 133 cm³/mol. The standard InChI is InChI=1S/C25H24ClFN6O/c26-21-13-30-25(33-23(21)20-12-29-22-4-2-1-3-19(20)22)32-18-10-15(27)9-17(11-18)31-24(34)14-5-7-16(28)8-6-14/h1-8,12-13,15,17-18,29H,9-11,28H2,(H,31,34)(H,30,32,33)/t15-,17+,18?/m1/s1. The third-order valence-corrected chi connectivity index (χ3v) is 6.36. The molecule has 9 heteroatoms. The molecule has 2 heterocycles. The molecule has 0 radical (unpaired) electrons. The van der Waals surface area contributed by atoms with E-state index in [4.69, 9.17) is 17.3 Å². The fourth-order valence-electron chi connectivity index (χ4n) is 4.46. The minimum Gasteiger partial charge on any atom is -0.399 e. The molecule has 34 heavy (non-hydrogen) atoms. The largest absolute Gasteiger partial charge is 0.399 e. The number of nitrogens with zero attached hydrogens (tertiary/aromatic N) is 2. The Morgan fingerprint density at radius 1 is 1.09 bits per heavy atom. The molecule has 1 fully saturated rings. The fourth-order valence-corrected chi connectivity index (χ4v) is 4.66. The summed E-state index contributed by atoms with van der Waals surface area (Å²) in [6.45, 7) is 0. The average molecular weight is 479 g/mol. The summed E-state index contributed by atoms with van der Waals surface area (Å²) in [6, 6.07) is 14.0. The van der Waals surface area contributed by atoms with Crippen molar-refractivity contribution in [3.8, 4) is 11.3 Å². The Kier molecular flexibility index (Phi) is 6.06. The molecule has 0 bridgehead atoms. The van der Waals surface area contributed by atoms with Crippen molar-refractivity contribution < 1.29 is 9.18 Å². The van der Waals surface area contributed by atoms with Crippen LogP contribution in [0, 0.1) is 0 Å². The smallest absolute Gasteiger partial charge is 0.251 e. The maximum atomic E-state index is 14.6. The second kappa shape index (κ2) is 9.30. The SMILES string of the molecule is Nc1ccc(C(=O)N[C@@H]2CC(Nc3ncc(Cl)c(-c4c[nH]c5ccccc45)n3)C[C@H](F)C2)cc1. The number of para-hydroxylation sites is 1. The summed E-state index contributed by atoms with van der Waals surface area (Å²) in [5.74, 6) is 0.120. The highest BCUT2D eigenvalue weighted by Crippen LogP contribution is 2.33. The van der Waals surface area contributed by atoms with E-state index in [9.17, 15) is 9.18 Å². The normalized spacial score (nSPS) is 20.2. The number of rotatable bonds is 5. The highest BCUT2D eigenvalue weighted by molar-refractivity contribution is 6.33. The third kappa shape index (κ3) is 4.68. The Morgan fingerprint density at radius 2 is 1.85 bits per heavy atom. The highest BCUT2D eigenvalue weighted by atomic mass is 35.5. The van der Waals surface area contributed by atoms with Crippen molar-refractivity contribution in [2.75, 3.05) is 11.1 Å². The molecule has 0 aliphatic heterocycles. The van der Waals surface area contributed by atoms with Crippen LogP contribution in [0.4, 0.5) is 16.0 Å². The summed E-state index contributed by atoms with van der Waals surface area (Å²) < 4.78 is 14.6. The number of hydrogen-bond donors (Lipinski definition) is 4. The maximum absolute atomic E-state index is 14.6. The number of aromatic nitrogens is 3. The van der Waals surface area contributed by atoms with Crippen molar-refractivity contribution in [1.82, 2.24) is 20.3 Å². The van der Waals surface area contributed by atoms with Gasteiger partial charge in [0.1, 0.15) is 6.17 Å². The topological polar surface area (TPSA) is 109 Å². The Morgan fingerprint density at radius 3 is 2.68 bits per heavy atom. The molecule has 1 aliphatic carbocycles. The second-order valence-electron chi connectivity index (χ2n) is 8.58. The monoisotopic (exact) mass is 478 g/mol. The number of carbonyl (C=O) groups is 1. The number of H-pyrrole nitrogens is 1. The minimum absolute atomic E-state index is 0.238. The van der Waals surface area contributed by atoms with Gasteiger partial charge in [-0.15, -0.1) is 0 Å². The molecule has 1 amide bonds. The lowest BCUT2D eigenvalue weighted by atomic mass is 9.89. The molecule has 1 unspecified atom stereocenters. The van der Waals surface area contributed by atoms with Crippen LogP contribution >= 0.6 is 11.6 Å². The summed E-state index contributed by atoms with van der Waals surface area (Å²) in [5.41, 5.74) is 9.20. The summed E-state index contributed by atoms with van der Waals surface area (Å²) in [6.07, 6.45) is 3.48. The lowest BCUT2D eigenvalue weighted by molar-refractivity contribution is 0.0909. The van der Waals surface area contributed by atoms with E-state index in [-0.39, 0.29) is 24.4 Å². The number of benzene rings is 2. The van der Waals surface area contributed by atoms with Gasteiger partial charge in [0.05, 0.1) is 16.9 Å². The van der Waals surface area contributed by atoms with E-state index in [0.29, 0.717) is 40.8 Å². The minimum atomic E-state index is -1.05. The van der Waals surface area contributed by atoms with Crippen molar-refractivity contribution in [3.05, 3.63) is 71.5 Å². The van der Waals surface area contributed by atoms with Crippen LogP contribution in [0.15, 0.2) is 60.9 Å². The fraction of sp³-hybridized carbons (Fsp3) is 0.240. The summed E-state index contributed by atoms with van der Waals surface area (Å²) in [4.78, 5) is 24.7. The molecule has 3 atom stereocenters. The zero-order valence-corrected chi connectivity index (χ0v) is 19.0. The molecule has 174 valence electrons. The van der Waals surface area contributed by atoms with Gasteiger partial charge in [-0.2, -0.15) is 0 Å². The molecular weight excluding hydrogens is 455 g/mol. The van der Waals surface area contributed by atoms with Gasteiger partial charge in [-0.05, 0) is 49.6 Å². The number of alkyl halides is 1. The summed E-state index contributed by atoms with van der Waals surface area (Å²) in [5, 5.41) is 7.61. The molecule has 0 spiro atoms. The van der Waals surface area contributed by atoms with E-state index < -0.39 is 6.17 Å². The Labute approximate surface area is 200 Å². The number of carbonyl (C=O) groups excluding carboxylic acids is 1. The molecule has 7 nitrogen and oxygen atoms in total. The number of aromatic amines is 1. The first kappa shape index (κ1) is 22.2. The lowest BCUT2D eigenvalue weighted by Crippen LogP contribution is -2.45. The number of nitrogens with two attached hydrogens (primary N) is 1. The van der Waals surface area contributed by atoms with Gasteiger partial charge in [0, 0.05) is 46.0 Å². The van der Waals surface area contributed by atoms with Crippen LogP contribution in [-0.4, -0.2) is 39.1 Å². The number of anilines is 2. The molecule has 1 aliphatic rings. The quantitative estimate of drug-likeness (QED) is 0.303. The van der Waals surface area contributed by atoms with Crippen LogP contribution in [0.1, 0.15) is 29.6 Å². The van der Waals surface area contributed by atoms with Crippen molar-refractivity contribution in [3.63, 3.8) is 0 Å². The first-order chi connectivity index (χ1) is 16.5. The Hall–Kier alpha value is -3.65. The van der Waals surface area contributed by atoms with Crippen LogP contribution in [0.3, 0.4) is 0 Å². The number of amides is 1. The van der Waals surface area contributed by atoms with Crippen molar-refractivity contribution in [2.24, 2.45) is 0 Å². The molecule has 1 saturated carbocycles. The van der Waals surface area contributed by atoms with Crippen LogP contribution < -0.4 is 16.4 Å². The number of fused-ring (bicyclic) bond motifs is 1. The van der Waals surface area contributed by atoms with Gasteiger partial charge in [-0.3, -0.25) is 4.79 Å². The molecular formula is C25H24ClFN6O. The highest BCUT2D eigenvalue weighted by Gasteiger charge is 2.30. The molecule has 0 saturated heterocycles. The van der Waals surface area contributed by atoms with Gasteiger partial charge in [0.15, 0.2) is 0 Å². The van der Waals surface area contributed by atoms with E-state index in [1.807, 2.05) is 30.5 Å². The molecule has 2 aromatic carbocycles. The molecule has 2 aromatic heterocycles. The first-order valence-electron chi connectivity index (χ1n) is 11.1. The summed E-state index contributed by atoms with van der Waals surface area (Å²) >= 11 is 6.42. The van der Waals surface area contributed by atoms with Crippen molar-refractivity contribution in [1.29, 1.82) is 0 Å². The van der Waals surface area contributed by atoms with Crippen LogP contribution in [0.5, 0.6) is 0 Å². The van der Waals surface area contributed by atoms with E-state index in [1.165, 1.54) is 0 Å². The number of nitrogen functional groups attached to an aromatic ring is 1. The van der Waals surface area contributed by atoms with Crippen LogP contribution in [-0.2, 0) is 0 Å². The molecule has 5 N–H and O–H groups in total. The number of halogens is 2. The average Bonchev–Trinajstić information content (AvgIpc) is 3.24. The molecule has 4 aromatic rings. The van der Waals surface area contributed by atoms with Crippen molar-refractivity contribution >= 4 is 40.0 Å². The predicted octanol–water partition coefficient (Wildman–Crippen LogP) is 4.96. The van der Waals surface area contributed by atoms with Gasteiger partial charge < -0.3 is 21.4 Å². The van der Waals surface area contributed by atoms with Crippen LogP contribution in [0.25, 0.3) is 22.2 Å². The van der Waals surface area contributed by atoms with Gasteiger partial charge in [0.2, 0.25) is 5.95 Å². The second-order valence-corrected chi connectivity index (χ2v) is 8.98. The number of hydrogen-bond acceptors (Lipinski definition) is 5. The van der Waals surface area contributed by atoms with E-state index in [1.54, 1.807) is 30.5 Å². The van der Waals surface area contributed by atoms with Gasteiger partial charge >= 0.3 is 0 Å². The van der Waals surface area contributed by atoms with Gasteiger partial charge in [-0.25, -0.2) is 14.4 Å². The Bertz CT molecular complexity index is 1320. The molecule has 5 rings (SSSR count). The lowest BCUT2D eigenvalue weighted by Gasteiger charge is -2.32. The summed E-state index contributed by atoms with van der Waals surface area (Å²) in [7, 11) is 0. The number of nitrogens with one attached hydrogen (secondary N) is 3. The van der Waals surface area contributed by atoms with Crippen LogP contribution in [0.2, 0.25) is 5.02 Å².